The lowest BCUT2D eigenvalue weighted by molar-refractivity contribution is -0.158. The summed E-state index contributed by atoms with van der Waals surface area (Å²) in [6.45, 7) is 7.69. The minimum absolute atomic E-state index is 0.174. The second-order valence-corrected chi connectivity index (χ2v) is 9.63. The fraction of sp³-hybridized carbons (Fsp3) is 0.667. The van der Waals surface area contributed by atoms with Crippen LogP contribution in [-0.2, 0) is 14.3 Å². The number of esters is 1. The topological polar surface area (TPSA) is 66.8 Å². The summed E-state index contributed by atoms with van der Waals surface area (Å²) in [5, 5.41) is 11.4. The number of carbonyl (C=O) groups excluding carboxylic acids is 2. The zero-order chi connectivity index (χ0) is 22.1. The molecule has 1 heterocycles. The Kier molecular flexibility index (Phi) is 6.85. The van der Waals surface area contributed by atoms with E-state index >= 15 is 0 Å². The molecule has 1 aliphatic heterocycles. The molecule has 4 atom stereocenters. The summed E-state index contributed by atoms with van der Waals surface area (Å²) < 4.78 is 20.2. The second-order valence-electron chi connectivity index (χ2n) is 9.63. The first-order valence-corrected chi connectivity index (χ1v) is 11.1. The Morgan fingerprint density at radius 3 is 2.37 bits per heavy atom. The fourth-order valence-electron chi connectivity index (χ4n) is 5.25. The van der Waals surface area contributed by atoms with Crippen molar-refractivity contribution in [2.45, 2.75) is 78.0 Å². The quantitative estimate of drug-likeness (QED) is 0.741. The summed E-state index contributed by atoms with van der Waals surface area (Å²) in [5.74, 6) is -1.98. The van der Waals surface area contributed by atoms with Gasteiger partial charge < -0.3 is 14.7 Å². The zero-order valence-electron chi connectivity index (χ0n) is 18.4. The molecule has 166 valence electrons. The molecule has 1 aliphatic carbocycles. The molecule has 6 heteroatoms. The minimum Gasteiger partial charge on any atom is -0.464 e. The minimum atomic E-state index is -1.08. The molecule has 0 bridgehead atoms. The Morgan fingerprint density at radius 2 is 1.80 bits per heavy atom. The molecule has 3 rings (SSSR count). The predicted octanol–water partition coefficient (Wildman–Crippen LogP) is 4.24. The number of ether oxygens (including phenoxy) is 1. The van der Waals surface area contributed by atoms with Crippen LogP contribution in [0.4, 0.5) is 4.39 Å². The summed E-state index contributed by atoms with van der Waals surface area (Å²) in [6, 6.07) is 4.33. The molecule has 1 aromatic rings. The van der Waals surface area contributed by atoms with Crippen LogP contribution in [0, 0.1) is 23.1 Å². The van der Waals surface area contributed by atoms with E-state index in [1.807, 2.05) is 20.8 Å². The summed E-state index contributed by atoms with van der Waals surface area (Å²) >= 11 is 0. The Balaban J connectivity index is 2.13. The van der Waals surface area contributed by atoms with Gasteiger partial charge in [-0.25, -0.2) is 9.18 Å². The van der Waals surface area contributed by atoms with E-state index < -0.39 is 41.3 Å². The van der Waals surface area contributed by atoms with Crippen molar-refractivity contribution >= 4 is 11.9 Å². The van der Waals surface area contributed by atoms with Gasteiger partial charge in [0.25, 0.3) is 0 Å². The highest BCUT2D eigenvalue weighted by Crippen LogP contribution is 2.49. The van der Waals surface area contributed by atoms with E-state index in [4.69, 9.17) is 4.74 Å². The van der Waals surface area contributed by atoms with Gasteiger partial charge in [0.05, 0.1) is 18.8 Å². The molecular weight excluding hydrogens is 385 g/mol. The first kappa shape index (κ1) is 22.7. The van der Waals surface area contributed by atoms with E-state index in [1.165, 1.54) is 11.0 Å². The lowest BCUT2D eigenvalue weighted by Crippen LogP contribution is -2.49. The maximum absolute atomic E-state index is 14.8. The highest BCUT2D eigenvalue weighted by atomic mass is 19.1. The van der Waals surface area contributed by atoms with E-state index in [0.717, 1.165) is 32.1 Å². The zero-order valence-corrected chi connectivity index (χ0v) is 18.4. The van der Waals surface area contributed by atoms with Crippen LogP contribution in [0.25, 0.3) is 0 Å². The van der Waals surface area contributed by atoms with Crippen molar-refractivity contribution in [3.05, 3.63) is 35.6 Å². The smallest absolute Gasteiger partial charge is 0.329 e. The standard InChI is InChI=1S/C24H34FNO4/c1-5-30-23(29)20-18(24(2,3)4)21(27)19(16-13-9-10-14-17(16)25)26(20)22(28)15-11-7-6-8-12-15/h9-10,13-15,18-21,27H,5-8,11-12H2,1-4H3/t18-,19+,20+,21+/m1/s1. The third-order valence-electron chi connectivity index (χ3n) is 6.59. The van der Waals surface area contributed by atoms with Gasteiger partial charge in [-0.2, -0.15) is 0 Å². The molecular formula is C24H34FNO4. The van der Waals surface area contributed by atoms with Crippen molar-refractivity contribution < 1.29 is 23.8 Å². The average Bonchev–Trinajstić information content (AvgIpc) is 3.02. The first-order valence-electron chi connectivity index (χ1n) is 11.1. The molecule has 2 aliphatic rings. The number of halogens is 1. The highest BCUT2D eigenvalue weighted by molar-refractivity contribution is 5.87. The van der Waals surface area contributed by atoms with Gasteiger partial charge in [0.15, 0.2) is 0 Å². The maximum Gasteiger partial charge on any atom is 0.329 e. The molecule has 0 unspecified atom stereocenters. The van der Waals surface area contributed by atoms with E-state index in [-0.39, 0.29) is 24.0 Å². The van der Waals surface area contributed by atoms with Crippen molar-refractivity contribution in [3.63, 3.8) is 0 Å². The molecule has 30 heavy (non-hydrogen) atoms. The molecule has 2 fully saturated rings. The van der Waals surface area contributed by atoms with E-state index in [9.17, 15) is 19.1 Å². The van der Waals surface area contributed by atoms with E-state index in [2.05, 4.69) is 0 Å². The number of likely N-dealkylation sites (tertiary alicyclic amines) is 1. The van der Waals surface area contributed by atoms with Crippen LogP contribution in [0.3, 0.4) is 0 Å². The first-order chi connectivity index (χ1) is 14.2. The number of hydrogen-bond donors (Lipinski definition) is 1. The normalized spacial score (nSPS) is 27.9. The number of hydrogen-bond acceptors (Lipinski definition) is 4. The second kappa shape index (κ2) is 9.04. The van der Waals surface area contributed by atoms with Gasteiger partial charge in [0.1, 0.15) is 11.9 Å². The number of aliphatic hydroxyl groups is 1. The Bertz CT molecular complexity index is 769. The summed E-state index contributed by atoms with van der Waals surface area (Å²) in [7, 11) is 0. The molecule has 0 aromatic heterocycles. The third kappa shape index (κ3) is 4.25. The maximum atomic E-state index is 14.8. The van der Waals surface area contributed by atoms with Crippen LogP contribution in [-0.4, -0.2) is 40.6 Å². The summed E-state index contributed by atoms with van der Waals surface area (Å²) in [4.78, 5) is 28.3. The summed E-state index contributed by atoms with van der Waals surface area (Å²) in [5.41, 5.74) is -0.253. The lowest BCUT2D eigenvalue weighted by Gasteiger charge is -2.36. The highest BCUT2D eigenvalue weighted by Gasteiger charge is 2.59. The van der Waals surface area contributed by atoms with Crippen LogP contribution in [0.2, 0.25) is 0 Å². The van der Waals surface area contributed by atoms with Crippen molar-refractivity contribution in [1.29, 1.82) is 0 Å². The van der Waals surface area contributed by atoms with Gasteiger partial charge >= 0.3 is 5.97 Å². The molecule has 1 N–H and O–H groups in total. The molecule has 1 amide bonds. The molecule has 1 saturated heterocycles. The summed E-state index contributed by atoms with van der Waals surface area (Å²) in [6.07, 6.45) is 3.45. The van der Waals surface area contributed by atoms with E-state index in [0.29, 0.717) is 0 Å². The van der Waals surface area contributed by atoms with Crippen molar-refractivity contribution in [2.75, 3.05) is 6.61 Å². The van der Waals surface area contributed by atoms with E-state index in [1.54, 1.807) is 25.1 Å². The molecule has 5 nitrogen and oxygen atoms in total. The van der Waals surface area contributed by atoms with Gasteiger partial charge in [-0.05, 0) is 31.2 Å². The molecule has 0 spiro atoms. The van der Waals surface area contributed by atoms with Gasteiger partial charge in [0, 0.05) is 17.4 Å². The fourth-order valence-corrected chi connectivity index (χ4v) is 5.25. The van der Waals surface area contributed by atoms with Gasteiger partial charge in [-0.1, -0.05) is 58.2 Å². The molecule has 1 aromatic carbocycles. The number of amides is 1. The van der Waals surface area contributed by atoms with Crippen molar-refractivity contribution in [1.82, 2.24) is 4.90 Å². The SMILES string of the molecule is CCOC(=O)[C@@H]1[C@@H](C(C)(C)C)[C@H](O)[C@H](c2ccccc2F)N1C(=O)C1CCCCC1. The lowest BCUT2D eigenvalue weighted by atomic mass is 9.73. The Hall–Kier alpha value is -1.95. The van der Waals surface area contributed by atoms with Crippen LogP contribution < -0.4 is 0 Å². The monoisotopic (exact) mass is 419 g/mol. The Labute approximate surface area is 178 Å². The van der Waals surface area contributed by atoms with Gasteiger partial charge in [-0.3, -0.25) is 4.79 Å². The number of rotatable bonds is 4. The predicted molar refractivity (Wildman–Crippen MR) is 112 cm³/mol. The van der Waals surface area contributed by atoms with Crippen LogP contribution in [0.5, 0.6) is 0 Å². The third-order valence-corrected chi connectivity index (χ3v) is 6.59. The van der Waals surface area contributed by atoms with Crippen molar-refractivity contribution in [3.8, 4) is 0 Å². The molecule has 1 saturated carbocycles. The van der Waals surface area contributed by atoms with Crippen molar-refractivity contribution in [2.24, 2.45) is 17.3 Å². The van der Waals surface area contributed by atoms with Crippen LogP contribution >= 0.6 is 0 Å². The van der Waals surface area contributed by atoms with Gasteiger partial charge in [0.2, 0.25) is 5.91 Å². The van der Waals surface area contributed by atoms with Crippen LogP contribution in [0.1, 0.15) is 71.4 Å². The largest absolute Gasteiger partial charge is 0.464 e. The number of benzene rings is 1. The van der Waals surface area contributed by atoms with Crippen LogP contribution in [0.15, 0.2) is 24.3 Å². The van der Waals surface area contributed by atoms with Gasteiger partial charge in [-0.15, -0.1) is 0 Å². The Morgan fingerprint density at radius 1 is 1.17 bits per heavy atom. The number of carbonyl (C=O) groups is 2. The number of nitrogens with zero attached hydrogens (tertiary/aromatic N) is 1. The molecule has 0 radical (unpaired) electrons. The number of aliphatic hydroxyl groups excluding tert-OH is 1. The average molecular weight is 420 g/mol.